The standard InChI is InChI=1S/C20H25NO4/c1-15-5-8-20(24-15)14-21(13-19-4-3-11-23-19)12-17-6-9-18(10-7-17)25-16(2)22/h5-10,19H,3-4,11-14H2,1-2H3. The summed E-state index contributed by atoms with van der Waals surface area (Å²) < 4.78 is 16.6. The van der Waals surface area contributed by atoms with Gasteiger partial charge in [0.15, 0.2) is 0 Å². The number of furan rings is 1. The molecule has 5 nitrogen and oxygen atoms in total. The molecule has 0 radical (unpaired) electrons. The van der Waals surface area contributed by atoms with Crippen molar-refractivity contribution in [2.24, 2.45) is 0 Å². The van der Waals surface area contributed by atoms with Gasteiger partial charge in [-0.05, 0) is 49.6 Å². The van der Waals surface area contributed by atoms with E-state index in [-0.39, 0.29) is 12.1 Å². The summed E-state index contributed by atoms with van der Waals surface area (Å²) in [6.07, 6.45) is 2.53. The predicted molar refractivity (Wildman–Crippen MR) is 94.3 cm³/mol. The molecule has 0 spiro atoms. The Morgan fingerprint density at radius 1 is 1.20 bits per heavy atom. The Morgan fingerprint density at radius 3 is 2.60 bits per heavy atom. The van der Waals surface area contributed by atoms with Gasteiger partial charge in [0.1, 0.15) is 17.3 Å². The quantitative estimate of drug-likeness (QED) is 0.567. The zero-order valence-corrected chi connectivity index (χ0v) is 14.9. The highest BCUT2D eigenvalue weighted by atomic mass is 16.5. The van der Waals surface area contributed by atoms with Crippen LogP contribution in [0.2, 0.25) is 0 Å². The highest BCUT2D eigenvalue weighted by Gasteiger charge is 2.20. The van der Waals surface area contributed by atoms with E-state index in [1.165, 1.54) is 6.92 Å². The van der Waals surface area contributed by atoms with Crippen molar-refractivity contribution in [3.63, 3.8) is 0 Å². The van der Waals surface area contributed by atoms with Crippen LogP contribution in [-0.2, 0) is 22.6 Å². The zero-order valence-electron chi connectivity index (χ0n) is 14.9. The molecule has 0 amide bonds. The summed E-state index contributed by atoms with van der Waals surface area (Å²) in [5.74, 6) is 2.16. The number of hydrogen-bond acceptors (Lipinski definition) is 5. The van der Waals surface area contributed by atoms with Crippen molar-refractivity contribution in [1.82, 2.24) is 4.90 Å². The van der Waals surface area contributed by atoms with Crippen molar-refractivity contribution in [1.29, 1.82) is 0 Å². The minimum Gasteiger partial charge on any atom is -0.465 e. The number of nitrogens with zero attached hydrogens (tertiary/aromatic N) is 1. The third kappa shape index (κ3) is 5.44. The number of rotatable bonds is 7. The molecule has 1 aromatic heterocycles. The Kier molecular flexibility index (Phi) is 5.89. The summed E-state index contributed by atoms with van der Waals surface area (Å²) in [5.41, 5.74) is 1.16. The van der Waals surface area contributed by atoms with E-state index in [4.69, 9.17) is 13.9 Å². The summed E-state index contributed by atoms with van der Waals surface area (Å²) in [5, 5.41) is 0. The maximum Gasteiger partial charge on any atom is 0.308 e. The van der Waals surface area contributed by atoms with Crippen LogP contribution in [0.4, 0.5) is 0 Å². The van der Waals surface area contributed by atoms with Crippen LogP contribution in [-0.4, -0.2) is 30.1 Å². The summed E-state index contributed by atoms with van der Waals surface area (Å²) in [7, 11) is 0. The molecule has 3 rings (SSSR count). The van der Waals surface area contributed by atoms with Crippen molar-refractivity contribution < 1.29 is 18.7 Å². The fourth-order valence-corrected chi connectivity index (χ4v) is 3.14. The number of benzene rings is 1. The Hall–Kier alpha value is -2.11. The molecular weight excluding hydrogens is 318 g/mol. The molecule has 1 fully saturated rings. The van der Waals surface area contributed by atoms with Crippen LogP contribution in [0.15, 0.2) is 40.8 Å². The fourth-order valence-electron chi connectivity index (χ4n) is 3.14. The molecular formula is C20H25NO4. The van der Waals surface area contributed by atoms with Gasteiger partial charge in [0.25, 0.3) is 0 Å². The van der Waals surface area contributed by atoms with Crippen molar-refractivity contribution in [3.8, 4) is 5.75 Å². The number of carbonyl (C=O) groups is 1. The minimum absolute atomic E-state index is 0.288. The number of aryl methyl sites for hydroxylation is 1. The molecule has 2 aromatic rings. The normalized spacial score (nSPS) is 17.2. The largest absolute Gasteiger partial charge is 0.465 e. The van der Waals surface area contributed by atoms with Crippen molar-refractivity contribution in [2.45, 2.75) is 45.9 Å². The first-order chi connectivity index (χ1) is 12.1. The van der Waals surface area contributed by atoms with E-state index in [9.17, 15) is 4.79 Å². The van der Waals surface area contributed by atoms with Gasteiger partial charge in [-0.3, -0.25) is 9.69 Å². The average Bonchev–Trinajstić information content (AvgIpc) is 3.21. The van der Waals surface area contributed by atoms with Gasteiger partial charge in [0, 0.05) is 26.6 Å². The molecule has 0 bridgehead atoms. The van der Waals surface area contributed by atoms with E-state index < -0.39 is 0 Å². The molecule has 2 heterocycles. The van der Waals surface area contributed by atoms with Crippen LogP contribution in [0, 0.1) is 6.92 Å². The summed E-state index contributed by atoms with van der Waals surface area (Å²) >= 11 is 0. The number of esters is 1. The Bertz CT molecular complexity index is 686. The minimum atomic E-state index is -0.305. The van der Waals surface area contributed by atoms with Crippen LogP contribution < -0.4 is 4.74 Å². The second kappa shape index (κ2) is 8.32. The Morgan fingerprint density at radius 2 is 2.00 bits per heavy atom. The van der Waals surface area contributed by atoms with Gasteiger partial charge in [0.2, 0.25) is 0 Å². The lowest BCUT2D eigenvalue weighted by molar-refractivity contribution is -0.131. The van der Waals surface area contributed by atoms with E-state index in [0.29, 0.717) is 5.75 Å². The first-order valence-electron chi connectivity index (χ1n) is 8.75. The molecule has 25 heavy (non-hydrogen) atoms. The molecule has 1 saturated heterocycles. The van der Waals surface area contributed by atoms with E-state index in [0.717, 1.165) is 56.2 Å². The van der Waals surface area contributed by atoms with Gasteiger partial charge in [0.05, 0.1) is 12.6 Å². The highest BCUT2D eigenvalue weighted by molar-refractivity contribution is 5.69. The van der Waals surface area contributed by atoms with Gasteiger partial charge in [-0.15, -0.1) is 0 Å². The smallest absolute Gasteiger partial charge is 0.308 e. The number of hydrogen-bond donors (Lipinski definition) is 0. The first-order valence-corrected chi connectivity index (χ1v) is 8.75. The lowest BCUT2D eigenvalue weighted by atomic mass is 10.1. The molecule has 0 N–H and O–H groups in total. The number of ether oxygens (including phenoxy) is 2. The van der Waals surface area contributed by atoms with Crippen LogP contribution in [0.25, 0.3) is 0 Å². The molecule has 1 aromatic carbocycles. The van der Waals surface area contributed by atoms with Crippen molar-refractivity contribution in [3.05, 3.63) is 53.5 Å². The Labute approximate surface area is 148 Å². The molecule has 0 saturated carbocycles. The summed E-state index contributed by atoms with van der Waals surface area (Å²) in [6, 6.07) is 11.7. The van der Waals surface area contributed by atoms with Gasteiger partial charge in [-0.2, -0.15) is 0 Å². The van der Waals surface area contributed by atoms with Crippen LogP contribution >= 0.6 is 0 Å². The van der Waals surface area contributed by atoms with Crippen LogP contribution in [0.5, 0.6) is 5.75 Å². The molecule has 1 aliphatic heterocycles. The summed E-state index contributed by atoms with van der Waals surface area (Å²) in [6.45, 7) is 6.64. The van der Waals surface area contributed by atoms with Crippen LogP contribution in [0.3, 0.4) is 0 Å². The predicted octanol–water partition coefficient (Wildman–Crippen LogP) is 3.69. The molecule has 134 valence electrons. The molecule has 0 aliphatic carbocycles. The van der Waals surface area contributed by atoms with Crippen molar-refractivity contribution >= 4 is 5.97 Å². The maximum absolute atomic E-state index is 11.0. The van der Waals surface area contributed by atoms with Crippen molar-refractivity contribution in [2.75, 3.05) is 13.2 Å². The van der Waals surface area contributed by atoms with E-state index >= 15 is 0 Å². The third-order valence-electron chi connectivity index (χ3n) is 4.25. The average molecular weight is 343 g/mol. The third-order valence-corrected chi connectivity index (χ3v) is 4.25. The zero-order chi connectivity index (χ0) is 17.6. The second-order valence-electron chi connectivity index (χ2n) is 6.55. The van der Waals surface area contributed by atoms with Gasteiger partial charge >= 0.3 is 5.97 Å². The molecule has 1 unspecified atom stereocenters. The Balaban J connectivity index is 1.66. The van der Waals surface area contributed by atoms with Gasteiger partial charge in [-0.1, -0.05) is 12.1 Å². The molecule has 5 heteroatoms. The monoisotopic (exact) mass is 343 g/mol. The SMILES string of the molecule is CC(=O)Oc1ccc(CN(Cc2ccc(C)o2)CC2CCCO2)cc1. The van der Waals surface area contributed by atoms with Gasteiger partial charge in [-0.25, -0.2) is 0 Å². The lowest BCUT2D eigenvalue weighted by Crippen LogP contribution is -2.31. The summed E-state index contributed by atoms with van der Waals surface area (Å²) in [4.78, 5) is 13.4. The first kappa shape index (κ1) is 17.7. The lowest BCUT2D eigenvalue weighted by Gasteiger charge is -2.24. The van der Waals surface area contributed by atoms with Gasteiger partial charge < -0.3 is 13.9 Å². The molecule has 1 aliphatic rings. The topological polar surface area (TPSA) is 51.9 Å². The van der Waals surface area contributed by atoms with E-state index in [1.807, 2.05) is 43.3 Å². The second-order valence-corrected chi connectivity index (χ2v) is 6.55. The number of carbonyl (C=O) groups excluding carboxylic acids is 1. The van der Waals surface area contributed by atoms with Crippen LogP contribution in [0.1, 0.15) is 36.8 Å². The highest BCUT2D eigenvalue weighted by Crippen LogP contribution is 2.19. The maximum atomic E-state index is 11.0. The van der Waals surface area contributed by atoms with E-state index in [1.54, 1.807) is 0 Å². The fraction of sp³-hybridized carbons (Fsp3) is 0.450. The molecule has 1 atom stereocenters. The van der Waals surface area contributed by atoms with E-state index in [2.05, 4.69) is 4.90 Å².